The van der Waals surface area contributed by atoms with Crippen molar-refractivity contribution in [2.45, 2.75) is 25.9 Å². The first-order valence-electron chi connectivity index (χ1n) is 6.73. The first-order valence-corrected chi connectivity index (χ1v) is 6.73. The van der Waals surface area contributed by atoms with Gasteiger partial charge in [-0.1, -0.05) is 12.1 Å². The van der Waals surface area contributed by atoms with Crippen molar-refractivity contribution in [3.63, 3.8) is 0 Å². The molecule has 0 aliphatic heterocycles. The highest BCUT2D eigenvalue weighted by Gasteiger charge is 2.19. The summed E-state index contributed by atoms with van der Waals surface area (Å²) in [5.41, 5.74) is 0.972. The van der Waals surface area contributed by atoms with Gasteiger partial charge in [-0.25, -0.2) is 4.79 Å². The van der Waals surface area contributed by atoms with Crippen LogP contribution in [-0.2, 0) is 20.7 Å². The number of esters is 1. The van der Waals surface area contributed by atoms with Crippen LogP contribution >= 0.6 is 0 Å². The first kappa shape index (κ1) is 16.5. The van der Waals surface area contributed by atoms with E-state index in [-0.39, 0.29) is 12.6 Å². The van der Waals surface area contributed by atoms with E-state index in [0.717, 1.165) is 11.3 Å². The van der Waals surface area contributed by atoms with Crippen molar-refractivity contribution in [3.8, 4) is 5.75 Å². The van der Waals surface area contributed by atoms with Gasteiger partial charge >= 0.3 is 5.97 Å². The Morgan fingerprint density at radius 2 is 2.00 bits per heavy atom. The molecule has 112 valence electrons. The Hall–Kier alpha value is -1.59. The average Bonchev–Trinajstić information content (AvgIpc) is 2.46. The highest BCUT2D eigenvalue weighted by molar-refractivity contribution is 5.75. The van der Waals surface area contributed by atoms with Gasteiger partial charge in [0, 0.05) is 26.6 Å². The van der Waals surface area contributed by atoms with Crippen molar-refractivity contribution in [3.05, 3.63) is 29.8 Å². The summed E-state index contributed by atoms with van der Waals surface area (Å²) in [6.07, 6.45) is 0.485. The molecule has 5 heteroatoms. The van der Waals surface area contributed by atoms with E-state index in [0.29, 0.717) is 26.1 Å². The maximum atomic E-state index is 11.6. The number of hydrogen-bond acceptors (Lipinski definition) is 5. The number of hydrogen-bond donors (Lipinski definition) is 1. The van der Waals surface area contributed by atoms with Crippen molar-refractivity contribution in [1.82, 2.24) is 0 Å². The van der Waals surface area contributed by atoms with Crippen molar-refractivity contribution in [1.29, 1.82) is 0 Å². The molecule has 0 saturated carbocycles. The Morgan fingerprint density at radius 3 is 2.55 bits per heavy atom. The van der Waals surface area contributed by atoms with E-state index in [1.165, 1.54) is 7.11 Å². The van der Waals surface area contributed by atoms with E-state index >= 15 is 0 Å². The minimum absolute atomic E-state index is 0.118. The summed E-state index contributed by atoms with van der Waals surface area (Å²) in [4.78, 5) is 11.6. The van der Waals surface area contributed by atoms with Crippen LogP contribution in [0.1, 0.15) is 18.9 Å². The Bertz CT molecular complexity index is 388. The molecule has 0 fully saturated rings. The van der Waals surface area contributed by atoms with Crippen LogP contribution in [0.5, 0.6) is 5.75 Å². The second kappa shape index (κ2) is 9.34. The number of carbonyl (C=O) groups is 1. The number of benzene rings is 1. The molecule has 0 amide bonds. The summed E-state index contributed by atoms with van der Waals surface area (Å²) in [5.74, 6) is 0.394. The van der Waals surface area contributed by atoms with Crippen LogP contribution in [0, 0.1) is 0 Å². The van der Waals surface area contributed by atoms with Gasteiger partial charge in [-0.05, 0) is 24.6 Å². The fourth-order valence-corrected chi connectivity index (χ4v) is 1.69. The first-order chi connectivity index (χ1) is 9.71. The number of aliphatic hydroxyl groups excluding tert-OH is 1. The second-order valence-electron chi connectivity index (χ2n) is 4.25. The lowest BCUT2D eigenvalue weighted by molar-refractivity contribution is -0.154. The van der Waals surface area contributed by atoms with E-state index in [9.17, 15) is 4.79 Å². The molecular formula is C15H22O5. The zero-order chi connectivity index (χ0) is 14.8. The molecule has 5 nitrogen and oxygen atoms in total. The van der Waals surface area contributed by atoms with Gasteiger partial charge in [-0.15, -0.1) is 0 Å². The third-order valence-corrected chi connectivity index (χ3v) is 2.75. The SMILES string of the molecule is CCOC(=O)[C@H](Cc1ccc(OCCCO)cc1)OC. The smallest absolute Gasteiger partial charge is 0.335 e. The van der Waals surface area contributed by atoms with Crippen LogP contribution < -0.4 is 4.74 Å². The van der Waals surface area contributed by atoms with Crippen LogP contribution in [0.2, 0.25) is 0 Å². The van der Waals surface area contributed by atoms with Gasteiger partial charge in [0.15, 0.2) is 6.10 Å². The van der Waals surface area contributed by atoms with Gasteiger partial charge in [-0.2, -0.15) is 0 Å². The number of aliphatic hydroxyl groups is 1. The molecule has 1 N–H and O–H groups in total. The molecule has 0 aliphatic rings. The molecule has 0 bridgehead atoms. The molecule has 0 spiro atoms. The summed E-state index contributed by atoms with van der Waals surface area (Å²) in [5, 5.41) is 8.67. The lowest BCUT2D eigenvalue weighted by Crippen LogP contribution is -2.27. The van der Waals surface area contributed by atoms with Crippen LogP contribution in [0.15, 0.2) is 24.3 Å². The Morgan fingerprint density at radius 1 is 1.30 bits per heavy atom. The van der Waals surface area contributed by atoms with Gasteiger partial charge in [0.1, 0.15) is 5.75 Å². The minimum atomic E-state index is -0.587. The highest BCUT2D eigenvalue weighted by atomic mass is 16.6. The molecule has 0 unspecified atom stereocenters. The van der Waals surface area contributed by atoms with E-state index in [4.69, 9.17) is 19.3 Å². The summed E-state index contributed by atoms with van der Waals surface area (Å²) in [6.45, 7) is 2.71. The highest BCUT2D eigenvalue weighted by Crippen LogP contribution is 2.15. The lowest BCUT2D eigenvalue weighted by atomic mass is 10.1. The van der Waals surface area contributed by atoms with E-state index < -0.39 is 6.10 Å². The zero-order valence-corrected chi connectivity index (χ0v) is 12.0. The molecule has 0 saturated heterocycles. The lowest BCUT2D eigenvalue weighted by Gasteiger charge is -2.14. The summed E-state index contributed by atoms with van der Waals surface area (Å²) >= 11 is 0. The normalized spacial score (nSPS) is 11.9. The third kappa shape index (κ3) is 5.59. The van der Waals surface area contributed by atoms with Gasteiger partial charge in [0.25, 0.3) is 0 Å². The van der Waals surface area contributed by atoms with Gasteiger partial charge < -0.3 is 19.3 Å². The summed E-state index contributed by atoms with van der Waals surface area (Å²) in [6, 6.07) is 7.45. The molecule has 1 atom stereocenters. The monoisotopic (exact) mass is 282 g/mol. The quantitative estimate of drug-likeness (QED) is 0.550. The number of ether oxygens (including phenoxy) is 3. The molecule has 0 heterocycles. The maximum Gasteiger partial charge on any atom is 0.335 e. The van der Waals surface area contributed by atoms with Gasteiger partial charge in [0.2, 0.25) is 0 Å². The fourth-order valence-electron chi connectivity index (χ4n) is 1.69. The predicted molar refractivity (Wildman–Crippen MR) is 74.8 cm³/mol. The second-order valence-corrected chi connectivity index (χ2v) is 4.25. The van der Waals surface area contributed by atoms with Crippen LogP contribution in [0.3, 0.4) is 0 Å². The van der Waals surface area contributed by atoms with E-state index in [1.54, 1.807) is 6.92 Å². The molecule has 0 aromatic heterocycles. The van der Waals surface area contributed by atoms with Crippen molar-refractivity contribution >= 4 is 5.97 Å². The molecule has 1 aromatic rings. The zero-order valence-electron chi connectivity index (χ0n) is 12.0. The van der Waals surface area contributed by atoms with E-state index in [2.05, 4.69) is 0 Å². The fraction of sp³-hybridized carbons (Fsp3) is 0.533. The number of carbonyl (C=O) groups excluding carboxylic acids is 1. The molecule has 1 aromatic carbocycles. The minimum Gasteiger partial charge on any atom is -0.494 e. The van der Waals surface area contributed by atoms with Crippen molar-refractivity contribution in [2.75, 3.05) is 26.9 Å². The summed E-state index contributed by atoms with van der Waals surface area (Å²) < 4.78 is 15.5. The van der Waals surface area contributed by atoms with Crippen LogP contribution in [-0.4, -0.2) is 44.1 Å². The van der Waals surface area contributed by atoms with Crippen LogP contribution in [0.4, 0.5) is 0 Å². The van der Waals surface area contributed by atoms with Gasteiger partial charge in [0.05, 0.1) is 13.2 Å². The summed E-state index contributed by atoms with van der Waals surface area (Å²) in [7, 11) is 1.49. The molecule has 0 radical (unpaired) electrons. The molecule has 1 rings (SSSR count). The number of rotatable bonds is 9. The Kier molecular flexibility index (Phi) is 7.69. The topological polar surface area (TPSA) is 65.0 Å². The largest absolute Gasteiger partial charge is 0.494 e. The van der Waals surface area contributed by atoms with E-state index in [1.807, 2.05) is 24.3 Å². The molecular weight excluding hydrogens is 260 g/mol. The molecule has 0 aliphatic carbocycles. The third-order valence-electron chi connectivity index (χ3n) is 2.75. The standard InChI is InChI=1S/C15H22O5/c1-3-19-15(17)14(18-2)11-12-5-7-13(8-6-12)20-10-4-9-16/h5-8,14,16H,3-4,9-11H2,1-2H3/t14-/m0/s1. The maximum absolute atomic E-state index is 11.6. The predicted octanol–water partition coefficient (Wildman–Crippen LogP) is 1.57. The van der Waals surface area contributed by atoms with Crippen molar-refractivity contribution < 1.29 is 24.1 Å². The van der Waals surface area contributed by atoms with Crippen molar-refractivity contribution in [2.24, 2.45) is 0 Å². The number of methoxy groups -OCH3 is 1. The van der Waals surface area contributed by atoms with Gasteiger partial charge in [-0.3, -0.25) is 0 Å². The molecule has 20 heavy (non-hydrogen) atoms. The average molecular weight is 282 g/mol. The Labute approximate surface area is 119 Å². The van der Waals surface area contributed by atoms with Crippen LogP contribution in [0.25, 0.3) is 0 Å². The Balaban J connectivity index is 2.52.